The third kappa shape index (κ3) is 4.03. The van der Waals surface area contributed by atoms with Gasteiger partial charge in [0.15, 0.2) is 0 Å². The van der Waals surface area contributed by atoms with Gasteiger partial charge in [-0.3, -0.25) is 0 Å². The highest BCUT2D eigenvalue weighted by Crippen LogP contribution is 2.20. The summed E-state index contributed by atoms with van der Waals surface area (Å²) in [4.78, 5) is 11.1. The lowest BCUT2D eigenvalue weighted by Crippen LogP contribution is -2.28. The molecule has 2 N–H and O–H groups in total. The van der Waals surface area contributed by atoms with Crippen LogP contribution in [0, 0.1) is 0 Å². The average Bonchev–Trinajstić information content (AvgIpc) is 2.86. The Labute approximate surface area is 121 Å². The van der Waals surface area contributed by atoms with E-state index in [9.17, 15) is 4.79 Å². The van der Waals surface area contributed by atoms with Crippen molar-refractivity contribution in [3.8, 4) is 0 Å². The number of aromatic nitrogens is 2. The zero-order valence-corrected chi connectivity index (χ0v) is 12.1. The van der Waals surface area contributed by atoms with Crippen LogP contribution in [0.4, 0.5) is 5.13 Å². The lowest BCUT2D eigenvalue weighted by atomic mass is 10.2. The minimum absolute atomic E-state index is 0.566. The normalized spacial score (nSPS) is 12.1. The first-order valence-electron chi connectivity index (χ1n) is 6.54. The molecule has 1 aromatic heterocycles. The Balaban J connectivity index is 2.00. The maximum absolute atomic E-state index is 11.1. The van der Waals surface area contributed by atoms with Gasteiger partial charge in [0.05, 0.1) is 0 Å². The number of aliphatic carboxylic acids is 1. The second-order valence-electron chi connectivity index (χ2n) is 4.49. The summed E-state index contributed by atoms with van der Waals surface area (Å²) in [5, 5.41) is 21.6. The van der Waals surface area contributed by atoms with E-state index in [0.29, 0.717) is 18.0 Å². The smallest absolute Gasteiger partial charge is 0.326 e. The predicted molar refractivity (Wildman–Crippen MR) is 79.1 cm³/mol. The molecule has 0 saturated heterocycles. The van der Waals surface area contributed by atoms with Crippen molar-refractivity contribution in [1.82, 2.24) is 10.2 Å². The summed E-state index contributed by atoms with van der Waals surface area (Å²) >= 11 is 1.40. The van der Waals surface area contributed by atoms with Crippen molar-refractivity contribution in [2.45, 2.75) is 32.2 Å². The Morgan fingerprint density at radius 3 is 2.75 bits per heavy atom. The van der Waals surface area contributed by atoms with Gasteiger partial charge in [-0.15, -0.1) is 10.2 Å². The van der Waals surface area contributed by atoms with E-state index in [1.54, 1.807) is 0 Å². The molecule has 2 aromatic rings. The van der Waals surface area contributed by atoms with E-state index in [4.69, 9.17) is 5.11 Å². The number of carboxylic acids is 1. The van der Waals surface area contributed by atoms with Crippen LogP contribution in [0.25, 0.3) is 0 Å². The number of hydrogen-bond acceptors (Lipinski definition) is 5. The quantitative estimate of drug-likeness (QED) is 0.820. The predicted octanol–water partition coefficient (Wildman–Crippen LogP) is 2.79. The molecule has 20 heavy (non-hydrogen) atoms. The van der Waals surface area contributed by atoms with E-state index in [1.165, 1.54) is 16.9 Å². The minimum atomic E-state index is -0.855. The highest BCUT2D eigenvalue weighted by Gasteiger charge is 2.17. The van der Waals surface area contributed by atoms with E-state index in [0.717, 1.165) is 11.4 Å². The molecule has 1 aromatic carbocycles. The molecule has 6 heteroatoms. The van der Waals surface area contributed by atoms with E-state index in [1.807, 2.05) is 37.3 Å². The first-order valence-corrected chi connectivity index (χ1v) is 7.36. The molecule has 0 saturated carbocycles. The second kappa shape index (κ2) is 7.00. The van der Waals surface area contributed by atoms with Gasteiger partial charge in [-0.25, -0.2) is 4.79 Å². The Morgan fingerprint density at radius 1 is 1.35 bits per heavy atom. The molecule has 0 spiro atoms. The van der Waals surface area contributed by atoms with E-state index in [-0.39, 0.29) is 0 Å². The van der Waals surface area contributed by atoms with Crippen molar-refractivity contribution >= 4 is 22.4 Å². The van der Waals surface area contributed by atoms with Gasteiger partial charge < -0.3 is 10.4 Å². The Morgan fingerprint density at radius 2 is 2.10 bits per heavy atom. The van der Waals surface area contributed by atoms with E-state index < -0.39 is 12.0 Å². The number of rotatable bonds is 7. The van der Waals surface area contributed by atoms with Gasteiger partial charge in [0.25, 0.3) is 0 Å². The zero-order valence-electron chi connectivity index (χ0n) is 11.2. The van der Waals surface area contributed by atoms with Crippen LogP contribution in [0.5, 0.6) is 0 Å². The molecule has 2 rings (SSSR count). The van der Waals surface area contributed by atoms with Crippen LogP contribution < -0.4 is 5.32 Å². The van der Waals surface area contributed by atoms with Crippen molar-refractivity contribution < 1.29 is 9.90 Å². The van der Waals surface area contributed by atoms with E-state index in [2.05, 4.69) is 15.5 Å². The molecule has 0 aliphatic carbocycles. The van der Waals surface area contributed by atoms with Gasteiger partial charge in [0, 0.05) is 6.42 Å². The molecule has 0 radical (unpaired) electrons. The molecule has 1 atom stereocenters. The monoisotopic (exact) mass is 291 g/mol. The van der Waals surface area contributed by atoms with Crippen molar-refractivity contribution in [2.24, 2.45) is 0 Å². The largest absolute Gasteiger partial charge is 0.480 e. The third-order valence-electron chi connectivity index (χ3n) is 2.84. The summed E-state index contributed by atoms with van der Waals surface area (Å²) in [6, 6.07) is 9.40. The highest BCUT2D eigenvalue weighted by atomic mass is 32.1. The Hall–Kier alpha value is -1.95. The van der Waals surface area contributed by atoms with Crippen molar-refractivity contribution in [2.75, 3.05) is 5.32 Å². The summed E-state index contributed by atoms with van der Waals surface area (Å²) in [7, 11) is 0. The summed E-state index contributed by atoms with van der Waals surface area (Å²) in [6.45, 7) is 1.96. The minimum Gasteiger partial charge on any atom is -0.480 e. The van der Waals surface area contributed by atoms with Gasteiger partial charge in [0.2, 0.25) is 5.13 Å². The average molecular weight is 291 g/mol. The topological polar surface area (TPSA) is 75.1 Å². The number of nitrogens with zero attached hydrogens (tertiary/aromatic N) is 2. The fourth-order valence-corrected chi connectivity index (χ4v) is 2.68. The molecular formula is C14H17N3O2S. The van der Waals surface area contributed by atoms with Gasteiger partial charge in [-0.05, 0) is 12.0 Å². The van der Waals surface area contributed by atoms with Crippen LogP contribution in [-0.4, -0.2) is 27.3 Å². The molecule has 1 unspecified atom stereocenters. The second-order valence-corrected chi connectivity index (χ2v) is 5.55. The summed E-state index contributed by atoms with van der Waals surface area (Å²) < 4.78 is 0. The number of anilines is 1. The number of carboxylic acid groups (broad SMARTS) is 1. The van der Waals surface area contributed by atoms with Gasteiger partial charge in [-0.2, -0.15) is 0 Å². The van der Waals surface area contributed by atoms with Crippen LogP contribution >= 0.6 is 11.3 Å². The Kier molecular flexibility index (Phi) is 5.06. The molecule has 0 amide bonds. The van der Waals surface area contributed by atoms with Crippen LogP contribution in [-0.2, 0) is 11.2 Å². The van der Waals surface area contributed by atoms with Crippen LogP contribution in [0.15, 0.2) is 30.3 Å². The highest BCUT2D eigenvalue weighted by molar-refractivity contribution is 7.15. The zero-order chi connectivity index (χ0) is 14.4. The lowest BCUT2D eigenvalue weighted by molar-refractivity contribution is -0.138. The SMILES string of the molecule is CCCC(Nc1nnc(Cc2ccccc2)s1)C(=O)O. The molecule has 0 bridgehead atoms. The molecular weight excluding hydrogens is 274 g/mol. The molecule has 1 heterocycles. The first-order chi connectivity index (χ1) is 9.69. The Bertz CT molecular complexity index is 557. The first kappa shape index (κ1) is 14.5. The molecule has 106 valence electrons. The fraction of sp³-hybridized carbons (Fsp3) is 0.357. The van der Waals surface area contributed by atoms with Gasteiger partial charge in [-0.1, -0.05) is 55.0 Å². The van der Waals surface area contributed by atoms with Gasteiger partial charge in [0.1, 0.15) is 11.0 Å². The summed E-state index contributed by atoms with van der Waals surface area (Å²) in [6.07, 6.45) is 2.09. The number of hydrogen-bond donors (Lipinski definition) is 2. The van der Waals surface area contributed by atoms with Crippen molar-refractivity contribution in [1.29, 1.82) is 0 Å². The van der Waals surface area contributed by atoms with Crippen LogP contribution in [0.3, 0.4) is 0 Å². The molecule has 0 fully saturated rings. The maximum atomic E-state index is 11.1. The summed E-state index contributed by atoms with van der Waals surface area (Å²) in [5.41, 5.74) is 1.17. The standard InChI is InChI=1S/C14H17N3O2S/c1-2-6-11(13(18)19)15-14-17-16-12(20-14)9-10-7-4-3-5-8-10/h3-5,7-8,11H,2,6,9H2,1H3,(H,15,17)(H,18,19). The van der Waals surface area contributed by atoms with Crippen molar-refractivity contribution in [3.05, 3.63) is 40.9 Å². The van der Waals surface area contributed by atoms with E-state index >= 15 is 0 Å². The molecule has 5 nitrogen and oxygen atoms in total. The summed E-state index contributed by atoms with van der Waals surface area (Å²) in [5.74, 6) is -0.855. The molecule has 0 aliphatic heterocycles. The number of nitrogens with one attached hydrogen (secondary N) is 1. The lowest BCUT2D eigenvalue weighted by Gasteiger charge is -2.11. The van der Waals surface area contributed by atoms with Gasteiger partial charge >= 0.3 is 5.97 Å². The van der Waals surface area contributed by atoms with Crippen molar-refractivity contribution in [3.63, 3.8) is 0 Å². The molecule has 0 aliphatic rings. The van der Waals surface area contributed by atoms with Crippen LogP contribution in [0.2, 0.25) is 0 Å². The number of benzene rings is 1. The number of carbonyl (C=O) groups is 1. The maximum Gasteiger partial charge on any atom is 0.326 e. The fourth-order valence-electron chi connectivity index (χ4n) is 1.85. The van der Waals surface area contributed by atoms with Crippen LogP contribution in [0.1, 0.15) is 30.3 Å². The third-order valence-corrected chi connectivity index (χ3v) is 3.69.